The third-order valence-electron chi connectivity index (χ3n) is 4.03. The normalized spacial score (nSPS) is 56.5. The van der Waals surface area contributed by atoms with Gasteiger partial charge in [0.1, 0.15) is 0 Å². The van der Waals surface area contributed by atoms with Crippen molar-refractivity contribution in [2.45, 2.75) is 33.1 Å². The molecule has 0 aromatic rings. The second kappa shape index (κ2) is 2.50. The third-order valence-corrected chi connectivity index (χ3v) is 4.03. The fourth-order valence-corrected chi connectivity index (χ4v) is 3.23. The first-order chi connectivity index (χ1) is 5.18. The van der Waals surface area contributed by atoms with Crippen LogP contribution in [0, 0.1) is 36.5 Å². The van der Waals surface area contributed by atoms with E-state index in [-0.39, 0.29) is 0 Å². The van der Waals surface area contributed by atoms with Gasteiger partial charge in [0.05, 0.1) is 0 Å². The van der Waals surface area contributed by atoms with E-state index in [0.717, 1.165) is 23.7 Å². The minimum Gasteiger partial charge on any atom is -0.0622 e. The van der Waals surface area contributed by atoms with Crippen molar-refractivity contribution in [3.63, 3.8) is 0 Å². The van der Waals surface area contributed by atoms with Crippen molar-refractivity contribution in [1.29, 1.82) is 0 Å². The minimum absolute atomic E-state index is 0.528. The lowest BCUT2D eigenvalue weighted by Crippen LogP contribution is -2.09. The highest BCUT2D eigenvalue weighted by molar-refractivity contribution is 4.94. The van der Waals surface area contributed by atoms with Crippen LogP contribution in [0.2, 0.25) is 0 Å². The van der Waals surface area contributed by atoms with E-state index < -0.39 is 0 Å². The first kappa shape index (κ1) is 7.64. The van der Waals surface area contributed by atoms with Crippen LogP contribution in [0.3, 0.4) is 0 Å². The first-order valence-corrected chi connectivity index (χ1v) is 4.94. The SMILES string of the molecule is [CH]C1C[C@H]2CC(C)C(C)[C@H]2C1. The molecule has 2 radical (unpaired) electrons. The van der Waals surface area contributed by atoms with Crippen molar-refractivity contribution < 1.29 is 0 Å². The summed E-state index contributed by atoms with van der Waals surface area (Å²) in [5, 5.41) is 0. The van der Waals surface area contributed by atoms with Gasteiger partial charge in [-0.25, -0.2) is 0 Å². The quantitative estimate of drug-likeness (QED) is 0.498. The topological polar surface area (TPSA) is 0 Å². The summed E-state index contributed by atoms with van der Waals surface area (Å²) in [6.45, 7) is 10.7. The van der Waals surface area contributed by atoms with Crippen LogP contribution in [-0.4, -0.2) is 0 Å². The molecule has 0 saturated heterocycles. The van der Waals surface area contributed by atoms with Crippen LogP contribution in [-0.2, 0) is 0 Å². The van der Waals surface area contributed by atoms with E-state index in [1.807, 2.05) is 0 Å². The molecule has 2 fully saturated rings. The van der Waals surface area contributed by atoms with Gasteiger partial charge in [-0.3, -0.25) is 0 Å². The molecule has 2 aliphatic rings. The monoisotopic (exact) mass is 150 g/mol. The third kappa shape index (κ3) is 1.11. The van der Waals surface area contributed by atoms with E-state index in [1.54, 1.807) is 0 Å². The Bertz CT molecular complexity index is 150. The summed E-state index contributed by atoms with van der Waals surface area (Å²) >= 11 is 0. The van der Waals surface area contributed by atoms with Gasteiger partial charge in [-0.2, -0.15) is 0 Å². The van der Waals surface area contributed by atoms with Crippen LogP contribution < -0.4 is 0 Å². The Kier molecular flexibility index (Phi) is 1.74. The molecule has 0 aromatic heterocycles. The molecule has 11 heavy (non-hydrogen) atoms. The Morgan fingerprint density at radius 3 is 2.45 bits per heavy atom. The predicted octanol–water partition coefficient (Wildman–Crippen LogP) is 3.02. The molecular formula is C11H18. The molecular weight excluding hydrogens is 132 g/mol. The molecule has 0 spiro atoms. The summed E-state index contributed by atoms with van der Waals surface area (Å²) in [6, 6.07) is 0. The lowest BCUT2D eigenvalue weighted by atomic mass is 9.89. The average Bonchev–Trinajstić information content (AvgIpc) is 2.37. The van der Waals surface area contributed by atoms with Gasteiger partial charge in [0.25, 0.3) is 0 Å². The van der Waals surface area contributed by atoms with Gasteiger partial charge in [-0.1, -0.05) is 13.8 Å². The van der Waals surface area contributed by atoms with Gasteiger partial charge in [0.15, 0.2) is 0 Å². The van der Waals surface area contributed by atoms with Crippen molar-refractivity contribution in [3.05, 3.63) is 6.92 Å². The number of fused-ring (bicyclic) bond motifs is 1. The summed E-state index contributed by atoms with van der Waals surface area (Å²) in [6.07, 6.45) is 4.05. The van der Waals surface area contributed by atoms with Gasteiger partial charge in [0.2, 0.25) is 0 Å². The maximum atomic E-state index is 5.93. The zero-order valence-electron chi connectivity index (χ0n) is 7.59. The standard InChI is InChI=1S/C11H18/c1-7-4-10-6-8(2)9(3)11(10)5-7/h1,7-11H,4-6H2,2-3H3/t7?,8?,9?,10-,11+/m0/s1. The van der Waals surface area contributed by atoms with Crippen molar-refractivity contribution in [1.82, 2.24) is 0 Å². The van der Waals surface area contributed by atoms with Crippen LogP contribution in [0.25, 0.3) is 0 Å². The maximum absolute atomic E-state index is 5.93. The summed E-state index contributed by atoms with van der Waals surface area (Å²) in [4.78, 5) is 0. The van der Waals surface area contributed by atoms with Crippen molar-refractivity contribution in [2.75, 3.05) is 0 Å². The molecule has 0 aromatic carbocycles. The van der Waals surface area contributed by atoms with E-state index in [9.17, 15) is 0 Å². The second-order valence-corrected chi connectivity index (χ2v) is 4.73. The highest BCUT2D eigenvalue weighted by atomic mass is 14.5. The molecule has 5 atom stereocenters. The van der Waals surface area contributed by atoms with E-state index in [1.165, 1.54) is 19.3 Å². The first-order valence-electron chi connectivity index (χ1n) is 4.94. The fourth-order valence-electron chi connectivity index (χ4n) is 3.23. The van der Waals surface area contributed by atoms with Crippen LogP contribution in [0.1, 0.15) is 33.1 Å². The van der Waals surface area contributed by atoms with E-state index >= 15 is 0 Å². The molecule has 2 aliphatic carbocycles. The van der Waals surface area contributed by atoms with Gasteiger partial charge in [-0.15, -0.1) is 0 Å². The Morgan fingerprint density at radius 1 is 1.09 bits per heavy atom. The van der Waals surface area contributed by atoms with Crippen LogP contribution in [0.15, 0.2) is 0 Å². The Morgan fingerprint density at radius 2 is 1.82 bits per heavy atom. The zero-order valence-corrected chi connectivity index (χ0v) is 7.59. The highest BCUT2D eigenvalue weighted by Gasteiger charge is 2.43. The maximum Gasteiger partial charge on any atom is -0.0318 e. The van der Waals surface area contributed by atoms with Crippen molar-refractivity contribution >= 4 is 0 Å². The van der Waals surface area contributed by atoms with Gasteiger partial charge >= 0.3 is 0 Å². The Hall–Kier alpha value is 0. The van der Waals surface area contributed by atoms with Gasteiger partial charge in [-0.05, 0) is 55.8 Å². The fraction of sp³-hybridized carbons (Fsp3) is 0.909. The van der Waals surface area contributed by atoms with Gasteiger partial charge < -0.3 is 0 Å². The number of hydrogen-bond acceptors (Lipinski definition) is 0. The minimum atomic E-state index is 0.528. The molecule has 0 heteroatoms. The summed E-state index contributed by atoms with van der Waals surface area (Å²) in [7, 11) is 0. The van der Waals surface area contributed by atoms with E-state index in [4.69, 9.17) is 6.92 Å². The zero-order chi connectivity index (χ0) is 8.01. The van der Waals surface area contributed by atoms with Crippen molar-refractivity contribution in [3.8, 4) is 0 Å². The van der Waals surface area contributed by atoms with Gasteiger partial charge in [0, 0.05) is 0 Å². The van der Waals surface area contributed by atoms with Crippen LogP contribution >= 0.6 is 0 Å². The lowest BCUT2D eigenvalue weighted by molar-refractivity contribution is 0.336. The second-order valence-electron chi connectivity index (χ2n) is 4.73. The molecule has 0 N–H and O–H groups in total. The molecule has 2 rings (SSSR count). The summed E-state index contributed by atoms with van der Waals surface area (Å²) in [5.74, 6) is 4.38. The Labute approximate surface area is 70.4 Å². The predicted molar refractivity (Wildman–Crippen MR) is 46.9 cm³/mol. The van der Waals surface area contributed by atoms with Crippen LogP contribution in [0.4, 0.5) is 0 Å². The molecule has 0 heterocycles. The lowest BCUT2D eigenvalue weighted by Gasteiger charge is -2.16. The Balaban J connectivity index is 2.07. The average molecular weight is 150 g/mol. The molecule has 0 aliphatic heterocycles. The number of rotatable bonds is 0. The molecule has 3 unspecified atom stereocenters. The number of hydrogen-bond donors (Lipinski definition) is 0. The van der Waals surface area contributed by atoms with Crippen molar-refractivity contribution in [2.24, 2.45) is 29.6 Å². The smallest absolute Gasteiger partial charge is 0.0318 e. The van der Waals surface area contributed by atoms with E-state index in [2.05, 4.69) is 13.8 Å². The molecule has 0 bridgehead atoms. The molecule has 2 saturated carbocycles. The van der Waals surface area contributed by atoms with E-state index in [0.29, 0.717) is 5.92 Å². The summed E-state index contributed by atoms with van der Waals surface area (Å²) < 4.78 is 0. The highest BCUT2D eigenvalue weighted by Crippen LogP contribution is 2.51. The molecule has 62 valence electrons. The molecule has 0 nitrogen and oxygen atoms in total. The summed E-state index contributed by atoms with van der Waals surface area (Å²) in [5.41, 5.74) is 0. The molecule has 0 amide bonds. The largest absolute Gasteiger partial charge is 0.0622 e. The van der Waals surface area contributed by atoms with Crippen LogP contribution in [0.5, 0.6) is 0 Å².